The third kappa shape index (κ3) is 7.90. The molecule has 3 rings (SSSR count). The van der Waals surface area contributed by atoms with E-state index in [1.165, 1.54) is 5.56 Å². The minimum atomic E-state index is -2.83. The first kappa shape index (κ1) is 24.1. The van der Waals surface area contributed by atoms with Crippen LogP contribution in [0, 0.1) is 5.92 Å². The first-order chi connectivity index (χ1) is 13.6. The van der Waals surface area contributed by atoms with Crippen LogP contribution in [0.2, 0.25) is 0 Å². The van der Waals surface area contributed by atoms with E-state index in [0.29, 0.717) is 12.3 Å². The van der Waals surface area contributed by atoms with Gasteiger partial charge >= 0.3 is 0 Å². The zero-order valence-electron chi connectivity index (χ0n) is 17.2. The molecule has 162 valence electrons. The summed E-state index contributed by atoms with van der Waals surface area (Å²) in [5.74, 6) is 1.70. The normalized spacial score (nSPS) is 22.6. The Bertz CT molecular complexity index is 775. The molecule has 2 heterocycles. The van der Waals surface area contributed by atoms with E-state index in [2.05, 4.69) is 58.5 Å². The van der Waals surface area contributed by atoms with E-state index in [-0.39, 0.29) is 35.6 Å². The zero-order valence-corrected chi connectivity index (χ0v) is 20.3. The van der Waals surface area contributed by atoms with E-state index in [0.717, 1.165) is 51.6 Å². The van der Waals surface area contributed by atoms with Gasteiger partial charge in [0.15, 0.2) is 15.8 Å². The van der Waals surface area contributed by atoms with Gasteiger partial charge in [-0.3, -0.25) is 9.89 Å². The number of halogens is 1. The van der Waals surface area contributed by atoms with Crippen molar-refractivity contribution < 1.29 is 8.42 Å². The Hall–Kier alpha value is -1.13. The van der Waals surface area contributed by atoms with Gasteiger partial charge in [0.05, 0.1) is 11.5 Å². The van der Waals surface area contributed by atoms with Gasteiger partial charge in [-0.15, -0.1) is 24.0 Å². The number of rotatable bonds is 6. The standard InChI is InChI=1S/C21H32N4O2S.HI/c1-2-22-21(23-17-20-10-16-28(26,27)18-20)25-14-12-24(13-15-25)11-6-9-19-7-4-3-5-8-19;/h3-9,20H,2,10-18H2,1H3,(H,22,23);1H/b9-6+;. The van der Waals surface area contributed by atoms with Crippen LogP contribution in [0.4, 0.5) is 0 Å². The highest BCUT2D eigenvalue weighted by Gasteiger charge is 2.28. The predicted molar refractivity (Wildman–Crippen MR) is 132 cm³/mol. The van der Waals surface area contributed by atoms with Gasteiger partial charge in [0.2, 0.25) is 0 Å². The van der Waals surface area contributed by atoms with Crippen LogP contribution in [-0.2, 0) is 9.84 Å². The molecule has 2 saturated heterocycles. The minimum Gasteiger partial charge on any atom is -0.357 e. The van der Waals surface area contributed by atoms with Gasteiger partial charge < -0.3 is 10.2 Å². The summed E-state index contributed by atoms with van der Waals surface area (Å²) in [5.41, 5.74) is 1.23. The van der Waals surface area contributed by atoms with Gasteiger partial charge in [0.1, 0.15) is 0 Å². The second-order valence-corrected chi connectivity index (χ2v) is 9.79. The van der Waals surface area contributed by atoms with Gasteiger partial charge in [0, 0.05) is 45.8 Å². The lowest BCUT2D eigenvalue weighted by atomic mass is 10.1. The molecule has 6 nitrogen and oxygen atoms in total. The molecule has 0 spiro atoms. The summed E-state index contributed by atoms with van der Waals surface area (Å²) in [4.78, 5) is 9.49. The Labute approximate surface area is 192 Å². The summed E-state index contributed by atoms with van der Waals surface area (Å²) < 4.78 is 23.3. The van der Waals surface area contributed by atoms with E-state index in [4.69, 9.17) is 4.99 Å². The van der Waals surface area contributed by atoms with Crippen LogP contribution in [0.15, 0.2) is 41.4 Å². The second kappa shape index (κ2) is 11.9. The molecule has 29 heavy (non-hydrogen) atoms. The van der Waals surface area contributed by atoms with Crippen molar-refractivity contribution in [2.24, 2.45) is 10.9 Å². The number of aliphatic imine (C=N–C) groups is 1. The van der Waals surface area contributed by atoms with E-state index in [1.807, 2.05) is 6.07 Å². The number of piperazine rings is 1. The maximum atomic E-state index is 11.6. The van der Waals surface area contributed by atoms with Crippen molar-refractivity contribution in [3.05, 3.63) is 42.0 Å². The van der Waals surface area contributed by atoms with Crippen molar-refractivity contribution in [2.45, 2.75) is 13.3 Å². The Morgan fingerprint density at radius 1 is 1.21 bits per heavy atom. The summed E-state index contributed by atoms with van der Waals surface area (Å²) in [6, 6.07) is 10.4. The molecule has 0 bridgehead atoms. The fraction of sp³-hybridized carbons (Fsp3) is 0.571. The largest absolute Gasteiger partial charge is 0.357 e. The van der Waals surface area contributed by atoms with Gasteiger partial charge in [-0.25, -0.2) is 8.42 Å². The number of nitrogens with one attached hydrogen (secondary N) is 1. The lowest BCUT2D eigenvalue weighted by Crippen LogP contribution is -2.52. The number of hydrogen-bond donors (Lipinski definition) is 1. The smallest absolute Gasteiger partial charge is 0.194 e. The van der Waals surface area contributed by atoms with Crippen LogP contribution in [0.5, 0.6) is 0 Å². The maximum Gasteiger partial charge on any atom is 0.194 e. The Kier molecular flexibility index (Phi) is 9.91. The average molecular weight is 532 g/mol. The van der Waals surface area contributed by atoms with Crippen molar-refractivity contribution in [1.29, 1.82) is 0 Å². The molecule has 8 heteroatoms. The topological polar surface area (TPSA) is 65.0 Å². The van der Waals surface area contributed by atoms with Gasteiger partial charge in [-0.05, 0) is 24.8 Å². The zero-order chi connectivity index (χ0) is 19.8. The molecule has 0 amide bonds. The van der Waals surface area contributed by atoms with Crippen molar-refractivity contribution >= 4 is 45.8 Å². The monoisotopic (exact) mass is 532 g/mol. The summed E-state index contributed by atoms with van der Waals surface area (Å²) in [7, 11) is -2.83. The first-order valence-corrected chi connectivity index (χ1v) is 12.1. The van der Waals surface area contributed by atoms with Crippen LogP contribution in [0.3, 0.4) is 0 Å². The van der Waals surface area contributed by atoms with Crippen molar-refractivity contribution in [3.8, 4) is 0 Å². The molecule has 1 aromatic carbocycles. The molecular formula is C21H33IN4O2S. The number of sulfone groups is 1. The highest BCUT2D eigenvalue weighted by molar-refractivity contribution is 14.0. The van der Waals surface area contributed by atoms with Crippen molar-refractivity contribution in [1.82, 2.24) is 15.1 Å². The Morgan fingerprint density at radius 2 is 1.93 bits per heavy atom. The molecule has 1 aromatic rings. The molecule has 1 N–H and O–H groups in total. The van der Waals surface area contributed by atoms with E-state index < -0.39 is 9.84 Å². The molecule has 1 unspecified atom stereocenters. The first-order valence-electron chi connectivity index (χ1n) is 10.2. The predicted octanol–water partition coefficient (Wildman–Crippen LogP) is 2.34. The number of benzene rings is 1. The molecule has 2 aliphatic heterocycles. The Morgan fingerprint density at radius 3 is 2.55 bits per heavy atom. The molecule has 0 saturated carbocycles. The van der Waals surface area contributed by atoms with Gasteiger partial charge in [-0.2, -0.15) is 0 Å². The van der Waals surface area contributed by atoms with E-state index in [9.17, 15) is 8.42 Å². The maximum absolute atomic E-state index is 11.6. The fourth-order valence-electron chi connectivity index (χ4n) is 3.70. The van der Waals surface area contributed by atoms with Gasteiger partial charge in [-0.1, -0.05) is 42.5 Å². The van der Waals surface area contributed by atoms with Crippen LogP contribution in [-0.4, -0.2) is 81.5 Å². The fourth-order valence-corrected chi connectivity index (χ4v) is 5.55. The lowest BCUT2D eigenvalue weighted by molar-refractivity contribution is 0.194. The average Bonchev–Trinajstić information content (AvgIpc) is 3.05. The van der Waals surface area contributed by atoms with Crippen LogP contribution in [0.25, 0.3) is 6.08 Å². The van der Waals surface area contributed by atoms with Crippen LogP contribution in [0.1, 0.15) is 18.9 Å². The van der Waals surface area contributed by atoms with Crippen LogP contribution >= 0.6 is 24.0 Å². The molecule has 0 radical (unpaired) electrons. The summed E-state index contributed by atoms with van der Waals surface area (Å²) in [6.45, 7) is 8.32. The quantitative estimate of drug-likeness (QED) is 0.346. The molecule has 2 aliphatic rings. The minimum absolute atomic E-state index is 0. The molecule has 2 fully saturated rings. The van der Waals surface area contributed by atoms with Crippen molar-refractivity contribution in [3.63, 3.8) is 0 Å². The summed E-state index contributed by atoms with van der Waals surface area (Å²) >= 11 is 0. The third-order valence-corrected chi connectivity index (χ3v) is 7.14. The Balaban J connectivity index is 0.00000300. The van der Waals surface area contributed by atoms with Gasteiger partial charge in [0.25, 0.3) is 0 Å². The lowest BCUT2D eigenvalue weighted by Gasteiger charge is -2.36. The van der Waals surface area contributed by atoms with Crippen LogP contribution < -0.4 is 5.32 Å². The highest BCUT2D eigenvalue weighted by Crippen LogP contribution is 2.18. The molecule has 0 aromatic heterocycles. The van der Waals surface area contributed by atoms with E-state index in [1.54, 1.807) is 0 Å². The highest BCUT2D eigenvalue weighted by atomic mass is 127. The number of nitrogens with zero attached hydrogens (tertiary/aromatic N) is 3. The summed E-state index contributed by atoms with van der Waals surface area (Å²) in [6.07, 6.45) is 5.14. The van der Waals surface area contributed by atoms with E-state index >= 15 is 0 Å². The van der Waals surface area contributed by atoms with Crippen molar-refractivity contribution in [2.75, 3.05) is 57.3 Å². The summed E-state index contributed by atoms with van der Waals surface area (Å²) in [5, 5.41) is 3.37. The number of hydrogen-bond acceptors (Lipinski definition) is 4. The molecule has 0 aliphatic carbocycles. The third-order valence-electron chi connectivity index (χ3n) is 5.31. The number of guanidine groups is 1. The molecule has 1 atom stereocenters. The SMILES string of the molecule is CCNC(=NCC1CCS(=O)(=O)C1)N1CCN(C/C=C/c2ccccc2)CC1.I. The second-order valence-electron chi connectivity index (χ2n) is 7.56. The molecular weight excluding hydrogens is 499 g/mol.